The van der Waals surface area contributed by atoms with Crippen molar-refractivity contribution in [1.82, 2.24) is 4.98 Å². The molecule has 0 aliphatic heterocycles. The first kappa shape index (κ1) is 11.1. The molecule has 0 bridgehead atoms. The van der Waals surface area contributed by atoms with E-state index in [4.69, 9.17) is 4.98 Å². The summed E-state index contributed by atoms with van der Waals surface area (Å²) in [6.45, 7) is 4.60. The molecule has 1 saturated carbocycles. The molecular weight excluding hydrogens is 206 g/mol. The fraction of sp³-hybridized carbons (Fsp3) is 0.750. The molecule has 0 atom stereocenters. The van der Waals surface area contributed by atoms with Crippen molar-refractivity contribution in [1.29, 1.82) is 0 Å². The maximum absolute atomic E-state index is 9.31. The summed E-state index contributed by atoms with van der Waals surface area (Å²) in [6, 6.07) is 0. The molecule has 3 heteroatoms. The minimum Gasteiger partial charge on any atom is -0.391 e. The molecule has 1 aliphatic carbocycles. The number of aromatic nitrogens is 1. The third kappa shape index (κ3) is 2.23. The minimum atomic E-state index is 0.170. The Balaban J connectivity index is 2.24. The van der Waals surface area contributed by atoms with Crippen LogP contribution < -0.4 is 0 Å². The van der Waals surface area contributed by atoms with Crippen molar-refractivity contribution in [2.45, 2.75) is 58.0 Å². The molecule has 1 fully saturated rings. The average Bonchev–Trinajstić information content (AvgIpc) is 3.01. The van der Waals surface area contributed by atoms with Crippen molar-refractivity contribution in [3.63, 3.8) is 0 Å². The van der Waals surface area contributed by atoms with Crippen molar-refractivity contribution >= 4 is 11.3 Å². The first-order valence-corrected chi connectivity index (χ1v) is 6.72. The molecule has 84 valence electrons. The zero-order valence-corrected chi connectivity index (χ0v) is 10.3. The Hall–Kier alpha value is -0.410. The van der Waals surface area contributed by atoms with Crippen LogP contribution in [0.5, 0.6) is 0 Å². The van der Waals surface area contributed by atoms with Crippen LogP contribution in [0, 0.1) is 0 Å². The summed E-state index contributed by atoms with van der Waals surface area (Å²) in [7, 11) is 0. The second kappa shape index (κ2) is 4.62. The molecule has 0 spiro atoms. The van der Waals surface area contributed by atoms with Gasteiger partial charge < -0.3 is 5.11 Å². The number of nitrogens with zero attached hydrogens (tertiary/aromatic N) is 1. The van der Waals surface area contributed by atoms with E-state index in [0.717, 1.165) is 17.7 Å². The third-order valence-corrected chi connectivity index (χ3v) is 4.40. The second-order valence-electron chi connectivity index (χ2n) is 4.31. The first-order valence-electron chi connectivity index (χ1n) is 5.90. The summed E-state index contributed by atoms with van der Waals surface area (Å²) in [5.41, 5.74) is 1.20. The number of aliphatic hydroxyl groups excluding tert-OH is 1. The van der Waals surface area contributed by atoms with Gasteiger partial charge >= 0.3 is 0 Å². The number of rotatable bonds is 5. The van der Waals surface area contributed by atoms with E-state index in [1.54, 1.807) is 11.3 Å². The number of thiazole rings is 1. The SMILES string of the molecule is CCC(CC)c1nc(C2CC2)c(CO)s1. The second-order valence-corrected chi connectivity index (χ2v) is 5.42. The molecule has 0 saturated heterocycles. The maximum Gasteiger partial charge on any atom is 0.0962 e. The van der Waals surface area contributed by atoms with Gasteiger partial charge in [0.15, 0.2) is 0 Å². The Morgan fingerprint density at radius 2 is 2.07 bits per heavy atom. The van der Waals surface area contributed by atoms with Crippen molar-refractivity contribution < 1.29 is 5.11 Å². The number of aliphatic hydroxyl groups is 1. The molecule has 0 unspecified atom stereocenters. The van der Waals surface area contributed by atoms with E-state index in [1.807, 2.05) is 0 Å². The normalized spacial score (nSPS) is 16.3. The van der Waals surface area contributed by atoms with Crippen LogP contribution >= 0.6 is 11.3 Å². The molecule has 0 amide bonds. The minimum absolute atomic E-state index is 0.170. The van der Waals surface area contributed by atoms with Crippen molar-refractivity contribution in [3.8, 4) is 0 Å². The van der Waals surface area contributed by atoms with Gasteiger partial charge in [-0.15, -0.1) is 11.3 Å². The van der Waals surface area contributed by atoms with Crippen LogP contribution in [0.15, 0.2) is 0 Å². The van der Waals surface area contributed by atoms with Gasteiger partial charge in [-0.1, -0.05) is 13.8 Å². The summed E-state index contributed by atoms with van der Waals surface area (Å²) < 4.78 is 0. The highest BCUT2D eigenvalue weighted by Gasteiger charge is 2.30. The van der Waals surface area contributed by atoms with E-state index in [9.17, 15) is 5.11 Å². The maximum atomic E-state index is 9.31. The fourth-order valence-electron chi connectivity index (χ4n) is 1.98. The summed E-state index contributed by atoms with van der Waals surface area (Å²) in [5.74, 6) is 1.25. The molecule has 1 aliphatic rings. The first-order chi connectivity index (χ1) is 7.30. The Kier molecular flexibility index (Phi) is 3.42. The Bertz CT molecular complexity index is 326. The lowest BCUT2D eigenvalue weighted by Crippen LogP contribution is -1.94. The van der Waals surface area contributed by atoms with Crippen LogP contribution in [0.1, 0.15) is 66.9 Å². The van der Waals surface area contributed by atoms with Gasteiger partial charge in [0.25, 0.3) is 0 Å². The van der Waals surface area contributed by atoms with Crippen molar-refractivity contribution in [2.75, 3.05) is 0 Å². The molecule has 1 N–H and O–H groups in total. The van der Waals surface area contributed by atoms with Crippen LogP contribution in [0.2, 0.25) is 0 Å². The molecule has 2 rings (SSSR count). The third-order valence-electron chi connectivity index (χ3n) is 3.19. The highest BCUT2D eigenvalue weighted by Crippen LogP contribution is 2.44. The molecule has 2 nitrogen and oxygen atoms in total. The summed E-state index contributed by atoms with van der Waals surface area (Å²) in [6.07, 6.45) is 4.83. The molecule has 15 heavy (non-hydrogen) atoms. The monoisotopic (exact) mass is 225 g/mol. The largest absolute Gasteiger partial charge is 0.391 e. The van der Waals surface area contributed by atoms with Gasteiger partial charge in [0.2, 0.25) is 0 Å². The Morgan fingerprint density at radius 3 is 2.53 bits per heavy atom. The lowest BCUT2D eigenvalue weighted by molar-refractivity contribution is 0.284. The molecule has 1 aromatic rings. The van der Waals surface area contributed by atoms with Crippen LogP contribution in [0.3, 0.4) is 0 Å². The smallest absolute Gasteiger partial charge is 0.0962 e. The number of hydrogen-bond donors (Lipinski definition) is 1. The predicted molar refractivity (Wildman–Crippen MR) is 63.3 cm³/mol. The lowest BCUT2D eigenvalue weighted by Gasteiger charge is -2.06. The average molecular weight is 225 g/mol. The quantitative estimate of drug-likeness (QED) is 0.833. The van der Waals surface area contributed by atoms with Crippen molar-refractivity contribution in [2.24, 2.45) is 0 Å². The van der Waals surface area contributed by atoms with Crippen LogP contribution in [-0.2, 0) is 6.61 Å². The van der Waals surface area contributed by atoms with E-state index in [0.29, 0.717) is 11.8 Å². The predicted octanol–water partition coefficient (Wildman–Crippen LogP) is 3.42. The Morgan fingerprint density at radius 1 is 1.40 bits per heavy atom. The summed E-state index contributed by atoms with van der Waals surface area (Å²) in [5, 5.41) is 10.5. The van der Waals surface area contributed by atoms with Crippen LogP contribution in [-0.4, -0.2) is 10.1 Å². The Labute approximate surface area is 95.4 Å². The van der Waals surface area contributed by atoms with Gasteiger partial charge in [-0.05, 0) is 25.7 Å². The van der Waals surface area contributed by atoms with Gasteiger partial charge in [-0.2, -0.15) is 0 Å². The van der Waals surface area contributed by atoms with E-state index < -0.39 is 0 Å². The molecular formula is C12H19NOS. The molecule has 1 aromatic heterocycles. The molecule has 0 aromatic carbocycles. The van der Waals surface area contributed by atoms with Gasteiger partial charge in [-0.25, -0.2) is 4.98 Å². The zero-order chi connectivity index (χ0) is 10.8. The van der Waals surface area contributed by atoms with Gasteiger partial charge in [-0.3, -0.25) is 0 Å². The number of hydrogen-bond acceptors (Lipinski definition) is 3. The van der Waals surface area contributed by atoms with Crippen LogP contribution in [0.25, 0.3) is 0 Å². The van der Waals surface area contributed by atoms with Gasteiger partial charge in [0.1, 0.15) is 0 Å². The van der Waals surface area contributed by atoms with Crippen molar-refractivity contribution in [3.05, 3.63) is 15.6 Å². The fourth-order valence-corrected chi connectivity index (χ4v) is 3.26. The van der Waals surface area contributed by atoms with E-state index in [-0.39, 0.29) is 6.61 Å². The van der Waals surface area contributed by atoms with Crippen LogP contribution in [0.4, 0.5) is 0 Å². The van der Waals surface area contributed by atoms with E-state index >= 15 is 0 Å². The van der Waals surface area contributed by atoms with Gasteiger partial charge in [0.05, 0.1) is 22.2 Å². The molecule has 1 heterocycles. The summed E-state index contributed by atoms with van der Waals surface area (Å²) >= 11 is 1.72. The zero-order valence-electron chi connectivity index (χ0n) is 9.49. The topological polar surface area (TPSA) is 33.1 Å². The van der Waals surface area contributed by atoms with E-state index in [1.165, 1.54) is 23.5 Å². The lowest BCUT2D eigenvalue weighted by atomic mass is 10.1. The summed E-state index contributed by atoms with van der Waals surface area (Å²) in [4.78, 5) is 5.85. The van der Waals surface area contributed by atoms with Gasteiger partial charge in [0, 0.05) is 11.8 Å². The standard InChI is InChI=1S/C12H19NOS/c1-3-8(4-2)12-13-11(9-5-6-9)10(7-14)15-12/h8-9,14H,3-7H2,1-2H3. The highest BCUT2D eigenvalue weighted by molar-refractivity contribution is 7.11. The molecule has 0 radical (unpaired) electrons. The highest BCUT2D eigenvalue weighted by atomic mass is 32.1. The van der Waals surface area contributed by atoms with E-state index in [2.05, 4.69) is 13.8 Å².